The molecular weight excluding hydrogens is 486 g/mol. The highest BCUT2D eigenvalue weighted by Crippen LogP contribution is 2.38. The number of benzene rings is 2. The van der Waals surface area contributed by atoms with Crippen LogP contribution >= 0.6 is 24.2 Å². The fourth-order valence-electron chi connectivity index (χ4n) is 3.15. The Kier molecular flexibility index (Phi) is 7.68. The van der Waals surface area contributed by atoms with E-state index in [1.807, 2.05) is 22.0 Å². The lowest BCUT2D eigenvalue weighted by Gasteiger charge is -2.23. The van der Waals surface area contributed by atoms with Gasteiger partial charge in [0.1, 0.15) is 0 Å². The number of thiocarbonyl (C=S) groups is 1. The second kappa shape index (κ2) is 10.1. The number of halogens is 6. The monoisotopic (exact) mass is 506 g/mol. The summed E-state index contributed by atoms with van der Waals surface area (Å²) in [5.41, 5.74) is 1.67. The largest absolute Gasteiger partial charge is 0.416 e. The molecule has 0 saturated carbocycles. The highest BCUT2D eigenvalue weighted by Gasteiger charge is 2.37. The molecule has 2 aromatic carbocycles. The molecule has 1 unspecified atom stereocenters. The van der Waals surface area contributed by atoms with E-state index in [1.54, 1.807) is 25.3 Å². The Morgan fingerprint density at radius 3 is 2.12 bits per heavy atom. The van der Waals surface area contributed by atoms with Gasteiger partial charge < -0.3 is 10.6 Å². The van der Waals surface area contributed by atoms with Gasteiger partial charge in [0.15, 0.2) is 5.11 Å². The van der Waals surface area contributed by atoms with Gasteiger partial charge in [-0.1, -0.05) is 13.3 Å². The number of hydrogen-bond acceptors (Lipinski definition) is 4. The molecule has 12 heteroatoms. The molecule has 178 valence electrons. The van der Waals surface area contributed by atoms with E-state index in [9.17, 15) is 26.3 Å². The first kappa shape index (κ1) is 25.0. The molecule has 1 atom stereocenters. The molecule has 3 N–H and O–H groups in total. The van der Waals surface area contributed by atoms with Gasteiger partial charge in [0.25, 0.3) is 0 Å². The van der Waals surface area contributed by atoms with Crippen LogP contribution in [0.5, 0.6) is 0 Å². The van der Waals surface area contributed by atoms with Crippen LogP contribution in [0, 0.1) is 0 Å². The zero-order valence-electron chi connectivity index (χ0n) is 17.2. The Morgan fingerprint density at radius 2 is 1.64 bits per heavy atom. The van der Waals surface area contributed by atoms with Crippen LogP contribution in [0.2, 0.25) is 0 Å². The van der Waals surface area contributed by atoms with Gasteiger partial charge in [0.2, 0.25) is 0 Å². The second-order valence-corrected chi connectivity index (χ2v) is 8.41. The minimum atomic E-state index is -4.91. The first-order valence-electron chi connectivity index (χ1n) is 9.82. The normalized spacial score (nSPS) is 14.7. The Labute approximate surface area is 196 Å². The Morgan fingerprint density at radius 1 is 1.03 bits per heavy atom. The van der Waals surface area contributed by atoms with Crippen molar-refractivity contribution in [3.8, 4) is 0 Å². The second-order valence-electron chi connectivity index (χ2n) is 7.16. The van der Waals surface area contributed by atoms with Crippen LogP contribution in [-0.2, 0) is 12.4 Å². The van der Waals surface area contributed by atoms with Crippen molar-refractivity contribution in [2.75, 3.05) is 9.73 Å². The topological polar surface area (TPSA) is 39.3 Å². The lowest BCUT2D eigenvalue weighted by atomic mass is 9.97. The standard InChI is InChI=1S/C21H20F6N4S2/c1-2-3-18(13-10-14(20(22,23)24)12-15(11-13)21(25,26)27)30-19(32)29-16-4-6-17(7-5-16)31-28-8-9-33-31/h4-12,18,28H,2-3H2,1H3,(H2,29,30,32). The summed E-state index contributed by atoms with van der Waals surface area (Å²) >= 11 is 6.73. The summed E-state index contributed by atoms with van der Waals surface area (Å²) in [7, 11) is 0. The van der Waals surface area contributed by atoms with Gasteiger partial charge in [-0.3, -0.25) is 5.43 Å². The van der Waals surface area contributed by atoms with E-state index in [1.165, 1.54) is 11.9 Å². The molecule has 4 nitrogen and oxygen atoms in total. The van der Waals surface area contributed by atoms with Crippen molar-refractivity contribution < 1.29 is 26.3 Å². The van der Waals surface area contributed by atoms with E-state index in [0.29, 0.717) is 12.1 Å². The van der Waals surface area contributed by atoms with Gasteiger partial charge in [-0.2, -0.15) is 26.3 Å². The molecule has 0 saturated heterocycles. The lowest BCUT2D eigenvalue weighted by molar-refractivity contribution is -0.143. The van der Waals surface area contributed by atoms with Crippen LogP contribution in [0.15, 0.2) is 54.1 Å². The van der Waals surface area contributed by atoms with Crippen molar-refractivity contribution >= 4 is 40.7 Å². The zero-order valence-corrected chi connectivity index (χ0v) is 18.9. The predicted octanol–water partition coefficient (Wildman–Crippen LogP) is 7.00. The molecule has 1 heterocycles. The van der Waals surface area contributed by atoms with Gasteiger partial charge in [0.05, 0.1) is 22.9 Å². The molecular formula is C21H20F6N4S2. The van der Waals surface area contributed by atoms with Crippen LogP contribution in [0.4, 0.5) is 37.7 Å². The summed E-state index contributed by atoms with van der Waals surface area (Å²) in [6.45, 7) is 1.78. The van der Waals surface area contributed by atoms with Gasteiger partial charge in [-0.15, -0.1) is 0 Å². The molecule has 33 heavy (non-hydrogen) atoms. The zero-order chi connectivity index (χ0) is 24.2. The minimum absolute atomic E-state index is 0.0857. The van der Waals surface area contributed by atoms with Crippen molar-refractivity contribution in [1.29, 1.82) is 0 Å². The van der Waals surface area contributed by atoms with Gasteiger partial charge >= 0.3 is 12.4 Å². The van der Waals surface area contributed by atoms with Crippen LogP contribution in [-0.4, -0.2) is 5.11 Å². The number of hydrazine groups is 1. The number of rotatable bonds is 6. The van der Waals surface area contributed by atoms with Crippen LogP contribution in [0.1, 0.15) is 42.5 Å². The predicted molar refractivity (Wildman–Crippen MR) is 122 cm³/mol. The highest BCUT2D eigenvalue weighted by atomic mass is 32.2. The summed E-state index contributed by atoms with van der Waals surface area (Å²) in [5, 5.41) is 7.74. The Balaban J connectivity index is 1.77. The minimum Gasteiger partial charge on any atom is -0.356 e. The summed E-state index contributed by atoms with van der Waals surface area (Å²) < 4.78 is 81.3. The van der Waals surface area contributed by atoms with Gasteiger partial charge in [0, 0.05) is 29.2 Å². The number of nitrogens with one attached hydrogen (secondary N) is 3. The number of nitrogens with zero attached hydrogens (tertiary/aromatic N) is 1. The molecule has 0 spiro atoms. The quantitative estimate of drug-likeness (QED) is 0.223. The number of anilines is 2. The van der Waals surface area contributed by atoms with Crippen molar-refractivity contribution in [3.63, 3.8) is 0 Å². The van der Waals surface area contributed by atoms with Crippen molar-refractivity contribution in [1.82, 2.24) is 10.7 Å². The Hall–Kier alpha value is -2.60. The molecule has 0 amide bonds. The van der Waals surface area contributed by atoms with Crippen molar-refractivity contribution in [2.24, 2.45) is 0 Å². The van der Waals surface area contributed by atoms with Crippen LogP contribution < -0.4 is 20.5 Å². The third-order valence-electron chi connectivity index (χ3n) is 4.68. The van der Waals surface area contributed by atoms with Crippen molar-refractivity contribution in [3.05, 3.63) is 70.8 Å². The van der Waals surface area contributed by atoms with E-state index in [4.69, 9.17) is 12.2 Å². The highest BCUT2D eigenvalue weighted by molar-refractivity contribution is 8.03. The summed E-state index contributed by atoms with van der Waals surface area (Å²) in [6, 6.07) is 7.90. The molecule has 0 aromatic heterocycles. The van der Waals surface area contributed by atoms with E-state index >= 15 is 0 Å². The number of hydrogen-bond donors (Lipinski definition) is 3. The molecule has 3 rings (SSSR count). The average Bonchev–Trinajstić information content (AvgIpc) is 3.27. The fourth-order valence-corrected chi connectivity index (χ4v) is 4.02. The first-order valence-corrected chi connectivity index (χ1v) is 11.1. The fraction of sp³-hybridized carbons (Fsp3) is 0.286. The first-order chi connectivity index (χ1) is 15.5. The molecule has 2 aromatic rings. The van der Waals surface area contributed by atoms with Crippen LogP contribution in [0.3, 0.4) is 0 Å². The lowest BCUT2D eigenvalue weighted by Crippen LogP contribution is -2.32. The molecule has 0 radical (unpaired) electrons. The molecule has 0 fully saturated rings. The van der Waals surface area contributed by atoms with E-state index in [-0.39, 0.29) is 23.2 Å². The molecule has 1 aliphatic rings. The van der Waals surface area contributed by atoms with E-state index in [0.717, 1.165) is 17.8 Å². The molecule has 0 bridgehead atoms. The molecule has 1 aliphatic heterocycles. The SMILES string of the molecule is CCCC(NC(=S)Nc1ccc(N2NC=CS2)cc1)c1cc(C(F)(F)F)cc(C(F)(F)F)c1. The maximum atomic E-state index is 13.2. The van der Waals surface area contributed by atoms with Gasteiger partial charge in [-0.05, 0) is 66.7 Å². The summed E-state index contributed by atoms with van der Waals surface area (Å²) in [6.07, 6.45) is -7.25. The smallest absolute Gasteiger partial charge is 0.356 e. The van der Waals surface area contributed by atoms with Crippen LogP contribution in [0.25, 0.3) is 0 Å². The third kappa shape index (κ3) is 6.70. The molecule has 0 aliphatic carbocycles. The average molecular weight is 507 g/mol. The van der Waals surface area contributed by atoms with Crippen molar-refractivity contribution in [2.45, 2.75) is 38.2 Å². The maximum absolute atomic E-state index is 13.2. The van der Waals surface area contributed by atoms with E-state index in [2.05, 4.69) is 16.1 Å². The maximum Gasteiger partial charge on any atom is 0.416 e. The summed E-state index contributed by atoms with van der Waals surface area (Å²) in [4.78, 5) is 0. The van der Waals surface area contributed by atoms with E-state index < -0.39 is 29.5 Å². The third-order valence-corrected chi connectivity index (χ3v) is 5.69. The summed E-state index contributed by atoms with van der Waals surface area (Å²) in [5.74, 6) is 0. The Bertz CT molecular complexity index is 965. The number of alkyl halides is 6. The van der Waals surface area contributed by atoms with Gasteiger partial charge in [-0.25, -0.2) is 4.41 Å².